The van der Waals surface area contributed by atoms with Crippen LogP contribution in [-0.4, -0.2) is 35.8 Å². The molecule has 1 aliphatic heterocycles. The van der Waals surface area contributed by atoms with E-state index in [4.69, 9.17) is 0 Å². The summed E-state index contributed by atoms with van der Waals surface area (Å²) < 4.78 is 0. The molecule has 1 rings (SSSR count). The molecule has 1 N–H and O–H groups in total. The molecule has 98 valence electrons. The highest BCUT2D eigenvalue weighted by Gasteiger charge is 2.30. The monoisotopic (exact) mass is 240 g/mol. The SMILES string of the molecule is CCCCCCCN1CC(=O)NC(CC)C1=O. The Hall–Kier alpha value is -1.06. The summed E-state index contributed by atoms with van der Waals surface area (Å²) >= 11 is 0. The Morgan fingerprint density at radius 3 is 2.53 bits per heavy atom. The number of amides is 2. The van der Waals surface area contributed by atoms with Crippen LogP contribution in [0, 0.1) is 0 Å². The Bertz CT molecular complexity index is 266. The van der Waals surface area contributed by atoms with E-state index in [0.29, 0.717) is 6.42 Å². The van der Waals surface area contributed by atoms with Gasteiger partial charge in [0.2, 0.25) is 11.8 Å². The van der Waals surface area contributed by atoms with Gasteiger partial charge in [0.25, 0.3) is 0 Å². The van der Waals surface area contributed by atoms with Crippen LogP contribution in [0.3, 0.4) is 0 Å². The lowest BCUT2D eigenvalue weighted by molar-refractivity contribution is -0.144. The van der Waals surface area contributed by atoms with E-state index in [9.17, 15) is 9.59 Å². The fourth-order valence-corrected chi connectivity index (χ4v) is 2.15. The van der Waals surface area contributed by atoms with Gasteiger partial charge in [-0.05, 0) is 12.8 Å². The van der Waals surface area contributed by atoms with Gasteiger partial charge in [-0.2, -0.15) is 0 Å². The van der Waals surface area contributed by atoms with Gasteiger partial charge in [0.15, 0.2) is 0 Å². The van der Waals surface area contributed by atoms with Gasteiger partial charge in [0.1, 0.15) is 6.04 Å². The van der Waals surface area contributed by atoms with Crippen molar-refractivity contribution in [2.24, 2.45) is 0 Å². The van der Waals surface area contributed by atoms with Gasteiger partial charge in [-0.15, -0.1) is 0 Å². The first-order valence-electron chi connectivity index (χ1n) is 6.77. The maximum absolute atomic E-state index is 11.9. The lowest BCUT2D eigenvalue weighted by Crippen LogP contribution is -2.57. The van der Waals surface area contributed by atoms with E-state index in [1.165, 1.54) is 19.3 Å². The van der Waals surface area contributed by atoms with Crippen LogP contribution < -0.4 is 5.32 Å². The Labute approximate surface area is 104 Å². The molecule has 4 nitrogen and oxygen atoms in total. The van der Waals surface area contributed by atoms with Crippen molar-refractivity contribution in [3.8, 4) is 0 Å². The van der Waals surface area contributed by atoms with Crippen molar-refractivity contribution >= 4 is 11.8 Å². The average Bonchev–Trinajstić information content (AvgIpc) is 2.32. The standard InChI is InChI=1S/C13H24N2O2/c1-3-5-6-7-8-9-15-10-12(16)14-11(4-2)13(15)17/h11H,3-10H2,1-2H3,(H,14,16). The van der Waals surface area contributed by atoms with E-state index in [-0.39, 0.29) is 24.4 Å². The summed E-state index contributed by atoms with van der Waals surface area (Å²) in [6, 6.07) is -0.299. The molecule has 1 heterocycles. The third-order valence-corrected chi connectivity index (χ3v) is 3.22. The van der Waals surface area contributed by atoms with Gasteiger partial charge in [-0.3, -0.25) is 9.59 Å². The van der Waals surface area contributed by atoms with Crippen molar-refractivity contribution in [3.05, 3.63) is 0 Å². The summed E-state index contributed by atoms with van der Waals surface area (Å²) in [6.45, 7) is 5.08. The summed E-state index contributed by atoms with van der Waals surface area (Å²) in [4.78, 5) is 25.1. The van der Waals surface area contributed by atoms with E-state index in [1.807, 2.05) is 6.92 Å². The molecule has 0 aromatic heterocycles. The molecule has 4 heteroatoms. The molecule has 1 aliphatic rings. The Morgan fingerprint density at radius 2 is 1.88 bits per heavy atom. The van der Waals surface area contributed by atoms with Crippen LogP contribution in [0.1, 0.15) is 52.4 Å². The Balaban J connectivity index is 2.30. The first kappa shape index (κ1) is 14.0. The molecule has 17 heavy (non-hydrogen) atoms. The van der Waals surface area contributed by atoms with Crippen molar-refractivity contribution in [3.63, 3.8) is 0 Å². The van der Waals surface area contributed by atoms with E-state index in [1.54, 1.807) is 4.90 Å². The van der Waals surface area contributed by atoms with Gasteiger partial charge in [0.05, 0.1) is 6.54 Å². The topological polar surface area (TPSA) is 49.4 Å². The van der Waals surface area contributed by atoms with Crippen LogP contribution in [0.4, 0.5) is 0 Å². The van der Waals surface area contributed by atoms with Crippen LogP contribution in [0.25, 0.3) is 0 Å². The van der Waals surface area contributed by atoms with E-state index < -0.39 is 0 Å². The summed E-state index contributed by atoms with van der Waals surface area (Å²) in [7, 11) is 0. The zero-order valence-corrected chi connectivity index (χ0v) is 11.0. The number of hydrogen-bond acceptors (Lipinski definition) is 2. The number of carbonyl (C=O) groups excluding carboxylic acids is 2. The third kappa shape index (κ3) is 4.36. The summed E-state index contributed by atoms with van der Waals surface area (Å²) in [6.07, 6.45) is 6.54. The molecule has 1 saturated heterocycles. The number of carbonyl (C=O) groups is 2. The summed E-state index contributed by atoms with van der Waals surface area (Å²) in [5, 5.41) is 2.73. The third-order valence-electron chi connectivity index (χ3n) is 3.22. The first-order valence-corrected chi connectivity index (χ1v) is 6.77. The average molecular weight is 240 g/mol. The molecule has 0 radical (unpaired) electrons. The van der Waals surface area contributed by atoms with Crippen molar-refractivity contribution in [2.45, 2.75) is 58.4 Å². The van der Waals surface area contributed by atoms with Gasteiger partial charge in [0, 0.05) is 6.54 Å². The van der Waals surface area contributed by atoms with E-state index >= 15 is 0 Å². The molecule has 0 aromatic carbocycles. The van der Waals surface area contributed by atoms with E-state index in [0.717, 1.165) is 19.4 Å². The second-order valence-corrected chi connectivity index (χ2v) is 4.70. The molecule has 0 saturated carbocycles. The second-order valence-electron chi connectivity index (χ2n) is 4.70. The fraction of sp³-hybridized carbons (Fsp3) is 0.846. The zero-order chi connectivity index (χ0) is 12.7. The molecule has 0 spiro atoms. The maximum atomic E-state index is 11.9. The largest absolute Gasteiger partial charge is 0.343 e. The Morgan fingerprint density at radius 1 is 1.18 bits per heavy atom. The minimum absolute atomic E-state index is 0.0231. The smallest absolute Gasteiger partial charge is 0.245 e. The normalized spacial score (nSPS) is 20.6. The highest BCUT2D eigenvalue weighted by molar-refractivity contribution is 5.94. The molecule has 2 amide bonds. The number of piperazine rings is 1. The highest BCUT2D eigenvalue weighted by atomic mass is 16.2. The fourth-order valence-electron chi connectivity index (χ4n) is 2.15. The lowest BCUT2D eigenvalue weighted by Gasteiger charge is -2.32. The van der Waals surface area contributed by atoms with Crippen molar-refractivity contribution in [1.29, 1.82) is 0 Å². The maximum Gasteiger partial charge on any atom is 0.245 e. The van der Waals surface area contributed by atoms with Gasteiger partial charge >= 0.3 is 0 Å². The van der Waals surface area contributed by atoms with Gasteiger partial charge in [-0.1, -0.05) is 39.5 Å². The molecular weight excluding hydrogens is 216 g/mol. The number of rotatable bonds is 7. The summed E-state index contributed by atoms with van der Waals surface area (Å²) in [5.74, 6) is 0.0626. The van der Waals surface area contributed by atoms with Crippen LogP contribution in [0.15, 0.2) is 0 Å². The quantitative estimate of drug-likeness (QED) is 0.688. The van der Waals surface area contributed by atoms with Crippen LogP contribution in [0.2, 0.25) is 0 Å². The van der Waals surface area contributed by atoms with Gasteiger partial charge in [-0.25, -0.2) is 0 Å². The zero-order valence-electron chi connectivity index (χ0n) is 11.0. The van der Waals surface area contributed by atoms with Crippen molar-refractivity contribution in [2.75, 3.05) is 13.1 Å². The van der Waals surface area contributed by atoms with Crippen LogP contribution in [-0.2, 0) is 9.59 Å². The van der Waals surface area contributed by atoms with Gasteiger partial charge < -0.3 is 10.2 Å². The summed E-state index contributed by atoms with van der Waals surface area (Å²) in [5.41, 5.74) is 0. The van der Waals surface area contributed by atoms with Crippen molar-refractivity contribution < 1.29 is 9.59 Å². The highest BCUT2D eigenvalue weighted by Crippen LogP contribution is 2.09. The molecule has 1 fully saturated rings. The molecule has 0 aliphatic carbocycles. The number of nitrogens with zero attached hydrogens (tertiary/aromatic N) is 1. The minimum Gasteiger partial charge on any atom is -0.343 e. The molecular formula is C13H24N2O2. The Kier molecular flexibility index (Phi) is 6.01. The molecule has 1 unspecified atom stereocenters. The minimum atomic E-state index is -0.299. The number of nitrogens with one attached hydrogen (secondary N) is 1. The van der Waals surface area contributed by atoms with Crippen LogP contribution in [0.5, 0.6) is 0 Å². The second kappa shape index (κ2) is 7.30. The number of unbranched alkanes of at least 4 members (excludes halogenated alkanes) is 4. The number of hydrogen-bond donors (Lipinski definition) is 1. The molecule has 0 bridgehead atoms. The van der Waals surface area contributed by atoms with Crippen molar-refractivity contribution in [1.82, 2.24) is 10.2 Å². The predicted molar refractivity (Wildman–Crippen MR) is 67.6 cm³/mol. The predicted octanol–water partition coefficient (Wildman–Crippen LogP) is 1.69. The lowest BCUT2D eigenvalue weighted by atomic mass is 10.1. The van der Waals surface area contributed by atoms with E-state index in [2.05, 4.69) is 12.2 Å². The van der Waals surface area contributed by atoms with Crippen LogP contribution >= 0.6 is 0 Å². The first-order chi connectivity index (χ1) is 8.19. The molecule has 1 atom stereocenters. The molecule has 0 aromatic rings.